The van der Waals surface area contributed by atoms with E-state index in [1.165, 1.54) is 7.11 Å². The molecule has 0 unspecified atom stereocenters. The fraction of sp³-hybridized carbons (Fsp3) is 0.938. The van der Waals surface area contributed by atoms with Gasteiger partial charge in [-0.1, -0.05) is 0 Å². The molecule has 0 spiro atoms. The first-order valence-electron chi connectivity index (χ1n) is 8.13. The second kappa shape index (κ2) is 5.62. The molecule has 138 valence electrons. The van der Waals surface area contributed by atoms with E-state index in [9.17, 15) is 9.90 Å². The fourth-order valence-electron chi connectivity index (χ4n) is 3.67. The van der Waals surface area contributed by atoms with Crippen LogP contribution < -0.4 is 0 Å². The Labute approximate surface area is 141 Å². The number of aliphatic hydroxyl groups is 1. The Kier molecular flexibility index (Phi) is 4.22. The lowest BCUT2D eigenvalue weighted by Gasteiger charge is -2.38. The van der Waals surface area contributed by atoms with Gasteiger partial charge in [-0.3, -0.25) is 4.79 Å². The third-order valence-electron chi connectivity index (χ3n) is 4.87. The van der Waals surface area contributed by atoms with E-state index in [1.807, 2.05) is 0 Å². The molecule has 3 aliphatic rings. The summed E-state index contributed by atoms with van der Waals surface area (Å²) >= 11 is 0. The first kappa shape index (κ1) is 18.0. The summed E-state index contributed by atoms with van der Waals surface area (Å²) in [5, 5.41) is 11.5. The van der Waals surface area contributed by atoms with Crippen LogP contribution in [0, 0.1) is 5.92 Å². The van der Waals surface area contributed by atoms with E-state index in [2.05, 4.69) is 0 Å². The van der Waals surface area contributed by atoms with Gasteiger partial charge in [0.15, 0.2) is 17.9 Å². The number of carbonyl (C=O) groups excluding carboxylic acids is 1. The second-order valence-corrected chi connectivity index (χ2v) is 7.48. The third kappa shape index (κ3) is 2.75. The maximum Gasteiger partial charge on any atom is 0.311 e. The smallest absolute Gasteiger partial charge is 0.311 e. The van der Waals surface area contributed by atoms with Crippen LogP contribution in [0.25, 0.3) is 0 Å². The van der Waals surface area contributed by atoms with Crippen LogP contribution in [-0.4, -0.2) is 66.6 Å². The van der Waals surface area contributed by atoms with Gasteiger partial charge in [0, 0.05) is 0 Å². The zero-order valence-corrected chi connectivity index (χ0v) is 14.9. The summed E-state index contributed by atoms with van der Waals surface area (Å²) in [6, 6.07) is 0. The van der Waals surface area contributed by atoms with Crippen molar-refractivity contribution in [1.29, 1.82) is 0 Å². The lowest BCUT2D eigenvalue weighted by molar-refractivity contribution is -0.255. The average Bonchev–Trinajstić information content (AvgIpc) is 3.08. The molecular formula is C16H26O8. The van der Waals surface area contributed by atoms with E-state index in [-0.39, 0.29) is 6.61 Å². The van der Waals surface area contributed by atoms with E-state index in [4.69, 9.17) is 28.4 Å². The van der Waals surface area contributed by atoms with Crippen molar-refractivity contribution >= 4 is 5.97 Å². The third-order valence-corrected chi connectivity index (χ3v) is 4.87. The van der Waals surface area contributed by atoms with Crippen LogP contribution in [-0.2, 0) is 33.2 Å². The van der Waals surface area contributed by atoms with Gasteiger partial charge in [-0.15, -0.1) is 0 Å². The van der Waals surface area contributed by atoms with Crippen LogP contribution in [0.1, 0.15) is 34.6 Å². The van der Waals surface area contributed by atoms with Crippen molar-refractivity contribution < 1.29 is 38.3 Å². The Bertz CT molecular complexity index is 518. The van der Waals surface area contributed by atoms with E-state index >= 15 is 0 Å². The summed E-state index contributed by atoms with van der Waals surface area (Å²) in [5.74, 6) is -3.16. The van der Waals surface area contributed by atoms with Gasteiger partial charge >= 0.3 is 5.97 Å². The number of carbonyl (C=O) groups is 1. The number of rotatable bonds is 3. The lowest BCUT2D eigenvalue weighted by Crippen LogP contribution is -2.59. The van der Waals surface area contributed by atoms with Gasteiger partial charge in [-0.25, -0.2) is 0 Å². The summed E-state index contributed by atoms with van der Waals surface area (Å²) in [7, 11) is 1.28. The van der Waals surface area contributed by atoms with Gasteiger partial charge in [0.1, 0.15) is 23.9 Å². The van der Waals surface area contributed by atoms with Crippen molar-refractivity contribution in [3.63, 3.8) is 0 Å². The topological polar surface area (TPSA) is 92.7 Å². The minimum atomic E-state index is -1.67. The first-order valence-corrected chi connectivity index (χ1v) is 8.13. The number of methoxy groups -OCH3 is 1. The lowest BCUT2D eigenvalue weighted by atomic mass is 9.78. The van der Waals surface area contributed by atoms with Crippen molar-refractivity contribution in [3.8, 4) is 0 Å². The number of hydrogen-bond acceptors (Lipinski definition) is 8. The SMILES string of the molecule is COC(=O)[C@@H](C)[C@@]1(O)[C@@H]([C@H]2COC(C)(C)O2)O[C@@H]2OC(C)(C)O[C@@H]21. The molecule has 0 saturated carbocycles. The minimum absolute atomic E-state index is 0.233. The zero-order chi connectivity index (χ0) is 17.9. The highest BCUT2D eigenvalue weighted by Gasteiger charge is 2.69. The molecule has 6 atom stereocenters. The van der Waals surface area contributed by atoms with Crippen molar-refractivity contribution in [1.82, 2.24) is 0 Å². The molecule has 8 heteroatoms. The van der Waals surface area contributed by atoms with Gasteiger partial charge in [0.2, 0.25) is 0 Å². The molecule has 8 nitrogen and oxygen atoms in total. The van der Waals surface area contributed by atoms with Gasteiger partial charge in [0.25, 0.3) is 0 Å². The zero-order valence-electron chi connectivity index (χ0n) is 14.9. The molecule has 24 heavy (non-hydrogen) atoms. The van der Waals surface area contributed by atoms with Crippen LogP contribution in [0.15, 0.2) is 0 Å². The van der Waals surface area contributed by atoms with Crippen LogP contribution in [0.5, 0.6) is 0 Å². The highest BCUT2D eigenvalue weighted by Crippen LogP contribution is 2.49. The molecule has 3 saturated heterocycles. The molecular weight excluding hydrogens is 320 g/mol. The Balaban J connectivity index is 1.92. The Morgan fingerprint density at radius 3 is 2.33 bits per heavy atom. The monoisotopic (exact) mass is 346 g/mol. The summed E-state index contributed by atoms with van der Waals surface area (Å²) in [5.41, 5.74) is -1.67. The Morgan fingerprint density at radius 2 is 1.79 bits per heavy atom. The molecule has 0 aromatic rings. The van der Waals surface area contributed by atoms with E-state index < -0.39 is 53.7 Å². The predicted octanol–water partition coefficient (Wildman–Crippen LogP) is 0.554. The molecule has 3 heterocycles. The van der Waals surface area contributed by atoms with Crippen molar-refractivity contribution in [3.05, 3.63) is 0 Å². The largest absolute Gasteiger partial charge is 0.469 e. The molecule has 0 radical (unpaired) electrons. The van der Waals surface area contributed by atoms with E-state index in [0.29, 0.717) is 0 Å². The Hall–Kier alpha value is -0.770. The van der Waals surface area contributed by atoms with Gasteiger partial charge < -0.3 is 33.5 Å². The predicted molar refractivity (Wildman–Crippen MR) is 79.7 cm³/mol. The summed E-state index contributed by atoms with van der Waals surface area (Å²) < 4.78 is 33.7. The maximum absolute atomic E-state index is 12.1. The summed E-state index contributed by atoms with van der Waals surface area (Å²) in [6.45, 7) is 8.83. The fourth-order valence-corrected chi connectivity index (χ4v) is 3.67. The Morgan fingerprint density at radius 1 is 1.12 bits per heavy atom. The average molecular weight is 346 g/mol. The van der Waals surface area contributed by atoms with Gasteiger partial charge in [-0.2, -0.15) is 0 Å². The number of esters is 1. The van der Waals surface area contributed by atoms with Crippen LogP contribution in [0.4, 0.5) is 0 Å². The number of ether oxygens (including phenoxy) is 6. The van der Waals surface area contributed by atoms with Crippen molar-refractivity contribution in [2.45, 2.75) is 76.4 Å². The van der Waals surface area contributed by atoms with Crippen LogP contribution in [0.3, 0.4) is 0 Å². The standard InChI is InChI=1S/C16H26O8/c1-8(12(17)19-6)16(18)10(9-7-20-14(2,3)22-9)21-13-11(16)23-15(4,5)24-13/h8-11,13,18H,7H2,1-6H3/t8-,9-,10-,11+,13-,16-/m1/s1. The van der Waals surface area contributed by atoms with Crippen LogP contribution in [0.2, 0.25) is 0 Å². The number of fused-ring (bicyclic) bond motifs is 1. The molecule has 0 aromatic heterocycles. The quantitative estimate of drug-likeness (QED) is 0.741. The normalized spacial score (nSPS) is 44.3. The van der Waals surface area contributed by atoms with E-state index in [1.54, 1.807) is 34.6 Å². The molecule has 0 amide bonds. The molecule has 1 N–H and O–H groups in total. The molecule has 3 rings (SSSR count). The second-order valence-electron chi connectivity index (χ2n) is 7.48. The minimum Gasteiger partial charge on any atom is -0.469 e. The van der Waals surface area contributed by atoms with Crippen LogP contribution >= 0.6 is 0 Å². The maximum atomic E-state index is 12.1. The summed E-state index contributed by atoms with van der Waals surface area (Å²) in [4.78, 5) is 12.1. The number of hydrogen-bond donors (Lipinski definition) is 1. The molecule has 3 aliphatic heterocycles. The molecule has 0 bridgehead atoms. The summed E-state index contributed by atoms with van der Waals surface area (Å²) in [6.07, 6.45) is -3.04. The van der Waals surface area contributed by atoms with Crippen molar-refractivity contribution in [2.75, 3.05) is 13.7 Å². The van der Waals surface area contributed by atoms with Gasteiger partial charge in [-0.05, 0) is 34.6 Å². The highest BCUT2D eigenvalue weighted by atomic mass is 16.8. The van der Waals surface area contributed by atoms with Gasteiger partial charge in [0.05, 0.1) is 19.6 Å². The first-order chi connectivity index (χ1) is 11.0. The highest BCUT2D eigenvalue weighted by molar-refractivity contribution is 5.73. The molecule has 0 aliphatic carbocycles. The van der Waals surface area contributed by atoms with Crippen molar-refractivity contribution in [2.24, 2.45) is 5.92 Å². The molecule has 3 fully saturated rings. The van der Waals surface area contributed by atoms with E-state index in [0.717, 1.165) is 0 Å². The molecule has 0 aromatic carbocycles.